The van der Waals surface area contributed by atoms with Crippen molar-refractivity contribution in [3.05, 3.63) is 105 Å². The number of hydrogen-bond donors (Lipinski definition) is 3. The van der Waals surface area contributed by atoms with Gasteiger partial charge in [-0.3, -0.25) is 23.7 Å². The summed E-state index contributed by atoms with van der Waals surface area (Å²) in [7, 11) is 1.59. The van der Waals surface area contributed by atoms with Gasteiger partial charge in [-0.05, 0) is 36.6 Å². The van der Waals surface area contributed by atoms with Gasteiger partial charge in [-0.25, -0.2) is 9.97 Å². The van der Waals surface area contributed by atoms with Gasteiger partial charge in [0, 0.05) is 78.9 Å². The van der Waals surface area contributed by atoms with Gasteiger partial charge in [0.05, 0.1) is 34.5 Å². The largest absolute Gasteiger partial charge is 0.481 e. The van der Waals surface area contributed by atoms with E-state index < -0.39 is 0 Å². The van der Waals surface area contributed by atoms with Crippen LogP contribution in [0.4, 0.5) is 0 Å². The van der Waals surface area contributed by atoms with Crippen molar-refractivity contribution in [1.29, 1.82) is 0 Å². The van der Waals surface area contributed by atoms with E-state index in [1.54, 1.807) is 19.5 Å². The van der Waals surface area contributed by atoms with Gasteiger partial charge < -0.3 is 21.1 Å². The number of hydrogen-bond acceptors (Lipinski definition) is 8. The van der Waals surface area contributed by atoms with Crippen LogP contribution in [0.25, 0.3) is 39.2 Å². The first kappa shape index (κ1) is 33.7. The number of halogens is 2. The highest BCUT2D eigenvalue weighted by Crippen LogP contribution is 2.42. The number of nitrogens with two attached hydrogens (primary N) is 1. The highest BCUT2D eigenvalue weighted by atomic mass is 35.5. The van der Waals surface area contributed by atoms with Crippen LogP contribution in [0.15, 0.2) is 77.9 Å². The molecule has 0 spiro atoms. The van der Waals surface area contributed by atoms with E-state index in [0.29, 0.717) is 71.9 Å². The molecule has 2 unspecified atom stereocenters. The molecule has 2 amide bonds. The van der Waals surface area contributed by atoms with Gasteiger partial charge in [0.15, 0.2) is 0 Å². The fraction of sp³-hybridized carbons (Fsp3) is 0.270. The summed E-state index contributed by atoms with van der Waals surface area (Å²) in [5.41, 5.74) is 11.5. The number of amides is 2. The lowest BCUT2D eigenvalue weighted by molar-refractivity contribution is -0.127. The van der Waals surface area contributed by atoms with Gasteiger partial charge in [-0.1, -0.05) is 65.7 Å². The van der Waals surface area contributed by atoms with E-state index in [-0.39, 0.29) is 29.5 Å². The molecule has 50 heavy (non-hydrogen) atoms. The number of methoxy groups -OCH3 is 1. The minimum atomic E-state index is -0.384. The number of aromatic nitrogens is 3. The molecule has 0 saturated carbocycles. The van der Waals surface area contributed by atoms with Crippen LogP contribution in [0.5, 0.6) is 5.88 Å². The van der Waals surface area contributed by atoms with Crippen molar-refractivity contribution in [1.82, 2.24) is 29.9 Å². The van der Waals surface area contributed by atoms with Crippen molar-refractivity contribution < 1.29 is 14.3 Å². The molecule has 256 valence electrons. The Hall–Kier alpha value is -4.81. The van der Waals surface area contributed by atoms with Crippen LogP contribution >= 0.6 is 23.2 Å². The number of carbonyl (C=O) groups excluding carboxylic acids is 2. The van der Waals surface area contributed by atoms with Crippen LogP contribution in [0.1, 0.15) is 30.4 Å². The predicted molar refractivity (Wildman–Crippen MR) is 193 cm³/mol. The molecule has 0 aliphatic carbocycles. The molecule has 2 atom stereocenters. The minimum absolute atomic E-state index is 0.0896. The Morgan fingerprint density at radius 1 is 1.00 bits per heavy atom. The number of primary amides is 1. The lowest BCUT2D eigenvalue weighted by Crippen LogP contribution is -2.54. The second-order valence-electron chi connectivity index (χ2n) is 12.5. The normalized spacial score (nSPS) is 17.5. The van der Waals surface area contributed by atoms with Crippen molar-refractivity contribution in [3.8, 4) is 39.4 Å². The third kappa shape index (κ3) is 6.57. The number of nitrogens with zero attached hydrogens (tertiary/aromatic N) is 4. The predicted octanol–water partition coefficient (Wildman–Crippen LogP) is 4.83. The van der Waals surface area contributed by atoms with E-state index in [1.165, 1.54) is 4.40 Å². The molecule has 5 aromatic rings. The van der Waals surface area contributed by atoms with Crippen LogP contribution in [-0.2, 0) is 22.7 Å². The maximum Gasteiger partial charge on any atom is 0.262 e. The molecular formula is C37H35Cl2N7O4. The molecule has 2 saturated heterocycles. The van der Waals surface area contributed by atoms with Crippen molar-refractivity contribution in [2.45, 2.75) is 44.4 Å². The standard InChI is InChI=1S/C37H35Cl2N7O4/c1-50-36-22(17-41-19-24-9-11-32(47)43-24)8-10-29(44-36)28-7-3-6-27(34(28)39)26-5-2-4-25(33(26)38)21-12-15-46-31(16-21)42-18-23(37(46)49)20-45-14-13-30(45)35(40)48/h2-8,10,12,15-16,18,24,30,41H,9,11,13-14,17,19-20H2,1H3,(H2,40,48)(H,43,47). The summed E-state index contributed by atoms with van der Waals surface area (Å²) in [6.07, 6.45) is 5.33. The van der Waals surface area contributed by atoms with E-state index in [0.717, 1.165) is 39.8 Å². The minimum Gasteiger partial charge on any atom is -0.481 e. The van der Waals surface area contributed by atoms with Gasteiger partial charge in [0.25, 0.3) is 5.56 Å². The number of benzene rings is 2. The van der Waals surface area contributed by atoms with Crippen molar-refractivity contribution in [2.75, 3.05) is 20.2 Å². The molecule has 7 rings (SSSR count). The quantitative estimate of drug-likeness (QED) is 0.177. The molecule has 4 N–H and O–H groups in total. The third-order valence-corrected chi connectivity index (χ3v) is 10.2. The fourth-order valence-corrected chi connectivity index (χ4v) is 7.26. The van der Waals surface area contributed by atoms with Crippen LogP contribution < -0.4 is 26.7 Å². The van der Waals surface area contributed by atoms with Crippen molar-refractivity contribution in [2.24, 2.45) is 5.73 Å². The Morgan fingerprint density at radius 3 is 2.42 bits per heavy atom. The molecule has 0 radical (unpaired) electrons. The zero-order chi connectivity index (χ0) is 34.9. The summed E-state index contributed by atoms with van der Waals surface area (Å²) in [4.78, 5) is 47.7. The Morgan fingerprint density at radius 2 is 1.74 bits per heavy atom. The summed E-state index contributed by atoms with van der Waals surface area (Å²) in [5.74, 6) is 0.190. The van der Waals surface area contributed by atoms with E-state index >= 15 is 0 Å². The third-order valence-electron chi connectivity index (χ3n) is 9.41. The summed E-state index contributed by atoms with van der Waals surface area (Å²) < 4.78 is 7.13. The summed E-state index contributed by atoms with van der Waals surface area (Å²) in [6, 6.07) is 18.8. The van der Waals surface area contributed by atoms with E-state index in [2.05, 4.69) is 15.6 Å². The van der Waals surface area contributed by atoms with Gasteiger partial charge in [-0.15, -0.1) is 0 Å². The Bertz CT molecular complexity index is 2190. The molecule has 11 nitrogen and oxygen atoms in total. The Kier molecular flexibility index (Phi) is 9.56. The van der Waals surface area contributed by atoms with Crippen LogP contribution in [0.2, 0.25) is 10.0 Å². The monoisotopic (exact) mass is 711 g/mol. The lowest BCUT2D eigenvalue weighted by atomic mass is 9.97. The van der Waals surface area contributed by atoms with Gasteiger partial charge in [0.2, 0.25) is 17.7 Å². The smallest absolute Gasteiger partial charge is 0.262 e. The molecule has 2 aliphatic heterocycles. The highest BCUT2D eigenvalue weighted by molar-refractivity contribution is 6.39. The van der Waals surface area contributed by atoms with Crippen molar-refractivity contribution in [3.63, 3.8) is 0 Å². The van der Waals surface area contributed by atoms with Crippen LogP contribution in [0, 0.1) is 0 Å². The SMILES string of the molecule is COc1nc(-c2cccc(-c3cccc(-c4ccn5c(=O)c(CN6CCC6C(N)=O)cnc5c4)c3Cl)c2Cl)ccc1CNCC1CCC(=O)N1. The highest BCUT2D eigenvalue weighted by Gasteiger charge is 2.33. The van der Waals surface area contributed by atoms with Crippen LogP contribution in [0.3, 0.4) is 0 Å². The molecular weight excluding hydrogens is 677 g/mol. The number of likely N-dealkylation sites (tertiary alicyclic amines) is 1. The first-order valence-corrected chi connectivity index (χ1v) is 17.1. The Labute approximate surface area is 298 Å². The zero-order valence-electron chi connectivity index (χ0n) is 27.3. The number of ether oxygens (including phenoxy) is 1. The van der Waals surface area contributed by atoms with E-state index in [9.17, 15) is 14.4 Å². The van der Waals surface area contributed by atoms with Gasteiger partial charge in [0.1, 0.15) is 5.65 Å². The second-order valence-corrected chi connectivity index (χ2v) is 13.3. The van der Waals surface area contributed by atoms with Crippen molar-refractivity contribution >= 4 is 40.7 Å². The number of nitrogens with one attached hydrogen (secondary N) is 2. The molecule has 3 aromatic heterocycles. The zero-order valence-corrected chi connectivity index (χ0v) is 28.8. The summed E-state index contributed by atoms with van der Waals surface area (Å²) in [6.45, 7) is 2.21. The van der Waals surface area contributed by atoms with Crippen LogP contribution in [-0.4, -0.2) is 63.4 Å². The summed E-state index contributed by atoms with van der Waals surface area (Å²) >= 11 is 14.2. The maximum absolute atomic E-state index is 13.3. The maximum atomic E-state index is 13.3. The van der Waals surface area contributed by atoms with E-state index in [4.69, 9.17) is 38.7 Å². The average Bonchev–Trinajstić information content (AvgIpc) is 3.52. The molecule has 13 heteroatoms. The summed E-state index contributed by atoms with van der Waals surface area (Å²) in [5, 5.41) is 7.33. The molecule has 0 bridgehead atoms. The molecule has 5 heterocycles. The molecule has 2 aliphatic rings. The number of rotatable bonds is 11. The topological polar surface area (TPSA) is 144 Å². The Balaban J connectivity index is 1.14. The second kappa shape index (κ2) is 14.2. The van der Waals surface area contributed by atoms with Gasteiger partial charge in [-0.2, -0.15) is 0 Å². The fourth-order valence-electron chi connectivity index (χ4n) is 6.60. The first-order chi connectivity index (χ1) is 24.2. The number of fused-ring (bicyclic) bond motifs is 1. The first-order valence-electron chi connectivity index (χ1n) is 16.4. The van der Waals surface area contributed by atoms with Gasteiger partial charge >= 0.3 is 0 Å². The van der Waals surface area contributed by atoms with E-state index in [1.807, 2.05) is 65.6 Å². The average molecular weight is 713 g/mol. The number of pyridine rings is 2. The number of carbonyl (C=O) groups is 2. The lowest BCUT2D eigenvalue weighted by Gasteiger charge is -2.38. The molecule has 2 fully saturated rings. The molecule has 2 aromatic carbocycles.